The molecule has 1 fully saturated rings. The predicted octanol–water partition coefficient (Wildman–Crippen LogP) is 1.74. The first-order valence-electron chi connectivity index (χ1n) is 5.81. The van der Waals surface area contributed by atoms with Gasteiger partial charge in [0.1, 0.15) is 0 Å². The van der Waals surface area contributed by atoms with Gasteiger partial charge in [-0.15, -0.1) is 11.3 Å². The molecule has 1 aliphatic heterocycles. The molecule has 16 heavy (non-hydrogen) atoms. The van der Waals surface area contributed by atoms with Crippen LogP contribution in [0.1, 0.15) is 29.1 Å². The van der Waals surface area contributed by atoms with E-state index in [1.54, 1.807) is 11.3 Å². The summed E-state index contributed by atoms with van der Waals surface area (Å²) in [5.41, 5.74) is 1.18. The summed E-state index contributed by atoms with van der Waals surface area (Å²) in [4.78, 5) is 15.2. The minimum atomic E-state index is 0.209. The van der Waals surface area contributed by atoms with Gasteiger partial charge in [-0.25, -0.2) is 0 Å². The first-order chi connectivity index (χ1) is 7.72. The van der Waals surface area contributed by atoms with Gasteiger partial charge in [-0.1, -0.05) is 6.92 Å². The molecular formula is C12H18N2OS. The molecule has 3 nitrogen and oxygen atoms in total. The Bertz CT molecular complexity index is 375. The fraction of sp³-hybridized carbons (Fsp3) is 0.583. The third kappa shape index (κ3) is 2.28. The molecule has 0 saturated carbocycles. The number of rotatable bonds is 2. The molecule has 2 heterocycles. The molecule has 0 bridgehead atoms. The van der Waals surface area contributed by atoms with Crippen molar-refractivity contribution in [2.75, 3.05) is 19.6 Å². The normalized spacial score (nSPS) is 21.1. The standard InChI is InChI=1S/C12H18N2OS/c1-3-10-4-7-16-11(10)12(15)14-6-5-13-9(2)8-14/h4,7,9,13H,3,5-6,8H2,1-2H3/t9-/m1/s1. The Morgan fingerprint density at radius 2 is 2.50 bits per heavy atom. The minimum absolute atomic E-state index is 0.209. The van der Waals surface area contributed by atoms with E-state index in [2.05, 4.69) is 25.2 Å². The molecule has 0 spiro atoms. The fourth-order valence-corrected chi connectivity index (χ4v) is 3.02. The van der Waals surface area contributed by atoms with Crippen molar-refractivity contribution in [2.45, 2.75) is 26.3 Å². The van der Waals surface area contributed by atoms with Crippen LogP contribution in [0.2, 0.25) is 0 Å². The predicted molar refractivity (Wildman–Crippen MR) is 67.1 cm³/mol. The second-order valence-electron chi connectivity index (χ2n) is 4.23. The number of aryl methyl sites for hydroxylation is 1. The van der Waals surface area contributed by atoms with Crippen LogP contribution >= 0.6 is 11.3 Å². The van der Waals surface area contributed by atoms with E-state index in [0.29, 0.717) is 6.04 Å². The number of carbonyl (C=O) groups excluding carboxylic acids is 1. The summed E-state index contributed by atoms with van der Waals surface area (Å²) in [7, 11) is 0. The van der Waals surface area contributed by atoms with Crippen molar-refractivity contribution in [1.29, 1.82) is 0 Å². The maximum Gasteiger partial charge on any atom is 0.264 e. The maximum absolute atomic E-state index is 12.3. The average molecular weight is 238 g/mol. The van der Waals surface area contributed by atoms with Gasteiger partial charge in [0.2, 0.25) is 0 Å². The summed E-state index contributed by atoms with van der Waals surface area (Å²) < 4.78 is 0. The zero-order chi connectivity index (χ0) is 11.5. The summed E-state index contributed by atoms with van der Waals surface area (Å²) in [5, 5.41) is 5.36. The van der Waals surface area contributed by atoms with Crippen molar-refractivity contribution < 1.29 is 4.79 Å². The molecule has 0 aromatic carbocycles. The zero-order valence-corrected chi connectivity index (χ0v) is 10.6. The van der Waals surface area contributed by atoms with Gasteiger partial charge in [-0.05, 0) is 30.4 Å². The van der Waals surface area contributed by atoms with E-state index in [1.165, 1.54) is 5.56 Å². The molecule has 1 aliphatic rings. The number of nitrogens with one attached hydrogen (secondary N) is 1. The molecule has 1 aromatic heterocycles. The Kier molecular flexibility index (Phi) is 3.61. The highest BCUT2D eigenvalue weighted by molar-refractivity contribution is 7.12. The molecule has 1 saturated heterocycles. The molecule has 2 rings (SSSR count). The van der Waals surface area contributed by atoms with E-state index in [0.717, 1.165) is 30.9 Å². The van der Waals surface area contributed by atoms with Gasteiger partial charge in [0, 0.05) is 25.7 Å². The molecule has 1 aromatic rings. The van der Waals surface area contributed by atoms with Crippen molar-refractivity contribution in [1.82, 2.24) is 10.2 Å². The summed E-state index contributed by atoms with van der Waals surface area (Å²) in [6, 6.07) is 2.46. The first-order valence-corrected chi connectivity index (χ1v) is 6.69. The van der Waals surface area contributed by atoms with Gasteiger partial charge in [0.15, 0.2) is 0 Å². The van der Waals surface area contributed by atoms with Crippen molar-refractivity contribution in [3.8, 4) is 0 Å². The number of carbonyl (C=O) groups is 1. The highest BCUT2D eigenvalue weighted by Gasteiger charge is 2.23. The topological polar surface area (TPSA) is 32.3 Å². The van der Waals surface area contributed by atoms with Crippen LogP contribution in [0.5, 0.6) is 0 Å². The fourth-order valence-electron chi connectivity index (χ4n) is 2.06. The Hall–Kier alpha value is -0.870. The van der Waals surface area contributed by atoms with Crippen LogP contribution in [0.15, 0.2) is 11.4 Å². The Morgan fingerprint density at radius 1 is 1.69 bits per heavy atom. The summed E-state index contributed by atoms with van der Waals surface area (Å²) in [5.74, 6) is 0.209. The largest absolute Gasteiger partial charge is 0.335 e. The lowest BCUT2D eigenvalue weighted by Gasteiger charge is -2.31. The van der Waals surface area contributed by atoms with Crippen molar-refractivity contribution >= 4 is 17.2 Å². The highest BCUT2D eigenvalue weighted by atomic mass is 32.1. The molecule has 1 atom stereocenters. The van der Waals surface area contributed by atoms with E-state index >= 15 is 0 Å². The molecule has 0 aliphatic carbocycles. The van der Waals surface area contributed by atoms with E-state index in [4.69, 9.17) is 0 Å². The summed E-state index contributed by atoms with van der Waals surface area (Å²) in [6.45, 7) is 6.76. The Morgan fingerprint density at radius 3 is 3.19 bits per heavy atom. The number of hydrogen-bond donors (Lipinski definition) is 1. The number of amides is 1. The van der Waals surface area contributed by atoms with Gasteiger partial charge >= 0.3 is 0 Å². The molecular weight excluding hydrogens is 220 g/mol. The van der Waals surface area contributed by atoms with Gasteiger partial charge < -0.3 is 10.2 Å². The van der Waals surface area contributed by atoms with Crippen LogP contribution in [-0.2, 0) is 6.42 Å². The van der Waals surface area contributed by atoms with Crippen LogP contribution in [0, 0.1) is 0 Å². The molecule has 1 amide bonds. The van der Waals surface area contributed by atoms with E-state index < -0.39 is 0 Å². The number of nitrogens with zero attached hydrogens (tertiary/aromatic N) is 1. The summed E-state index contributed by atoms with van der Waals surface area (Å²) in [6.07, 6.45) is 0.937. The monoisotopic (exact) mass is 238 g/mol. The van der Waals surface area contributed by atoms with Crippen molar-refractivity contribution in [2.24, 2.45) is 0 Å². The van der Waals surface area contributed by atoms with Crippen molar-refractivity contribution in [3.63, 3.8) is 0 Å². The quantitative estimate of drug-likeness (QED) is 0.851. The SMILES string of the molecule is CCc1ccsc1C(=O)N1CCN[C@H](C)C1. The lowest BCUT2D eigenvalue weighted by molar-refractivity contribution is 0.0713. The van der Waals surface area contributed by atoms with Crippen molar-refractivity contribution in [3.05, 3.63) is 21.9 Å². The third-order valence-electron chi connectivity index (χ3n) is 2.98. The Labute approximate surface area is 100 Å². The number of thiophene rings is 1. The lowest BCUT2D eigenvalue weighted by atomic mass is 10.1. The van der Waals surface area contributed by atoms with Gasteiger partial charge in [0.25, 0.3) is 5.91 Å². The number of hydrogen-bond acceptors (Lipinski definition) is 3. The van der Waals surface area contributed by atoms with Gasteiger partial charge in [-0.3, -0.25) is 4.79 Å². The second kappa shape index (κ2) is 4.97. The van der Waals surface area contributed by atoms with Crippen LogP contribution in [0.25, 0.3) is 0 Å². The van der Waals surface area contributed by atoms with Crippen LogP contribution < -0.4 is 5.32 Å². The molecule has 0 unspecified atom stereocenters. The van der Waals surface area contributed by atoms with Gasteiger partial charge in [0.05, 0.1) is 4.88 Å². The van der Waals surface area contributed by atoms with E-state index in [9.17, 15) is 4.79 Å². The van der Waals surface area contributed by atoms with E-state index in [-0.39, 0.29) is 5.91 Å². The van der Waals surface area contributed by atoms with Crippen LogP contribution in [0.4, 0.5) is 0 Å². The first kappa shape index (κ1) is 11.6. The lowest BCUT2D eigenvalue weighted by Crippen LogP contribution is -2.51. The van der Waals surface area contributed by atoms with E-state index in [1.807, 2.05) is 10.3 Å². The summed E-state index contributed by atoms with van der Waals surface area (Å²) >= 11 is 1.57. The Balaban J connectivity index is 2.12. The second-order valence-corrected chi connectivity index (χ2v) is 5.15. The smallest absolute Gasteiger partial charge is 0.264 e. The number of piperazine rings is 1. The molecule has 0 radical (unpaired) electrons. The molecule has 4 heteroatoms. The van der Waals surface area contributed by atoms with Crippen LogP contribution in [0.3, 0.4) is 0 Å². The molecule has 1 N–H and O–H groups in total. The highest BCUT2D eigenvalue weighted by Crippen LogP contribution is 2.20. The van der Waals surface area contributed by atoms with Crippen LogP contribution in [-0.4, -0.2) is 36.5 Å². The van der Waals surface area contributed by atoms with Gasteiger partial charge in [-0.2, -0.15) is 0 Å². The zero-order valence-electron chi connectivity index (χ0n) is 9.82. The average Bonchev–Trinajstić information content (AvgIpc) is 2.76. The maximum atomic E-state index is 12.3. The minimum Gasteiger partial charge on any atom is -0.335 e. The molecule has 88 valence electrons. The third-order valence-corrected chi connectivity index (χ3v) is 3.92.